The molecular weight excluding hydrogens is 394 g/mol. The highest BCUT2D eigenvalue weighted by atomic mass is 16.3. The molecule has 1 N–H and O–H groups in total. The van der Waals surface area contributed by atoms with Crippen LogP contribution in [-0.2, 0) is 6.42 Å². The number of likely N-dealkylation sites (tertiary alicyclic amines) is 1. The summed E-state index contributed by atoms with van der Waals surface area (Å²) in [6, 6.07) is 26.6. The fourth-order valence-electron chi connectivity index (χ4n) is 5.83. The molecule has 1 saturated heterocycles. The van der Waals surface area contributed by atoms with Crippen LogP contribution in [-0.4, -0.2) is 41.0 Å². The molecule has 1 saturated carbocycles. The molecule has 1 aliphatic heterocycles. The molecule has 3 atom stereocenters. The average molecular weight is 426 g/mol. The summed E-state index contributed by atoms with van der Waals surface area (Å²) in [5.41, 5.74) is 4.98. The monoisotopic (exact) mass is 425 g/mol. The second-order valence-electron chi connectivity index (χ2n) is 9.82. The lowest BCUT2D eigenvalue weighted by Crippen LogP contribution is -2.34. The van der Waals surface area contributed by atoms with Crippen LogP contribution in [0.5, 0.6) is 0 Å². The highest BCUT2D eigenvalue weighted by Gasteiger charge is 2.48. The predicted octanol–water partition coefficient (Wildman–Crippen LogP) is 5.16. The van der Waals surface area contributed by atoms with Crippen molar-refractivity contribution >= 4 is 5.78 Å². The van der Waals surface area contributed by atoms with Crippen molar-refractivity contribution in [1.29, 1.82) is 0 Å². The van der Waals surface area contributed by atoms with Crippen LogP contribution in [0.1, 0.15) is 34.3 Å². The smallest absolute Gasteiger partial charge is 0.176 e. The fourth-order valence-corrected chi connectivity index (χ4v) is 5.83. The van der Waals surface area contributed by atoms with Crippen LogP contribution in [0.4, 0.5) is 0 Å². The van der Waals surface area contributed by atoms with Crippen molar-refractivity contribution in [3.05, 3.63) is 95.6 Å². The van der Waals surface area contributed by atoms with Crippen molar-refractivity contribution in [1.82, 2.24) is 4.90 Å². The standard InChI is InChI=1S/C29H31NO2/c1-21-7-5-6-10-27(21)23-11-13-24(14-12-23)28(31)20-30-18-25-16-29(32,17-26(25)19-30)15-22-8-3-2-4-9-22/h2-14,25-26,32H,15-20H2,1H3/t25-,26+,29+. The van der Waals surface area contributed by atoms with Crippen molar-refractivity contribution in [2.45, 2.75) is 31.8 Å². The van der Waals surface area contributed by atoms with Crippen LogP contribution >= 0.6 is 0 Å². The molecule has 3 aromatic rings. The van der Waals surface area contributed by atoms with Gasteiger partial charge in [0.1, 0.15) is 0 Å². The van der Waals surface area contributed by atoms with E-state index in [9.17, 15) is 9.90 Å². The summed E-state index contributed by atoms with van der Waals surface area (Å²) in [5, 5.41) is 11.2. The number of carbonyl (C=O) groups excluding carboxylic acids is 1. The number of benzene rings is 3. The average Bonchev–Trinajstić information content (AvgIpc) is 3.28. The van der Waals surface area contributed by atoms with Gasteiger partial charge in [0.25, 0.3) is 0 Å². The summed E-state index contributed by atoms with van der Waals surface area (Å²) in [7, 11) is 0. The third-order valence-electron chi connectivity index (χ3n) is 7.34. The maximum absolute atomic E-state index is 12.9. The minimum atomic E-state index is -0.599. The van der Waals surface area contributed by atoms with Gasteiger partial charge >= 0.3 is 0 Å². The van der Waals surface area contributed by atoms with E-state index in [-0.39, 0.29) is 5.78 Å². The molecule has 164 valence electrons. The predicted molar refractivity (Wildman–Crippen MR) is 129 cm³/mol. The normalized spacial score (nSPS) is 25.1. The number of rotatable bonds is 6. The number of ketones is 1. The molecule has 0 aromatic heterocycles. The first kappa shape index (κ1) is 21.1. The van der Waals surface area contributed by atoms with E-state index >= 15 is 0 Å². The van der Waals surface area contributed by atoms with Gasteiger partial charge in [0.05, 0.1) is 12.1 Å². The number of Topliss-reactive ketones (excluding diaryl/α,β-unsaturated/α-hetero) is 1. The summed E-state index contributed by atoms with van der Waals surface area (Å²) in [5.74, 6) is 1.15. The molecule has 3 aromatic carbocycles. The van der Waals surface area contributed by atoms with Gasteiger partial charge in [-0.1, -0.05) is 78.9 Å². The lowest BCUT2D eigenvalue weighted by atomic mass is 9.91. The number of hydrogen-bond acceptors (Lipinski definition) is 3. The number of nitrogens with zero attached hydrogens (tertiary/aromatic N) is 1. The first-order chi connectivity index (χ1) is 15.5. The van der Waals surface area contributed by atoms with E-state index in [1.54, 1.807) is 0 Å². The lowest BCUT2D eigenvalue weighted by molar-refractivity contribution is 0.0355. The first-order valence-electron chi connectivity index (χ1n) is 11.7. The van der Waals surface area contributed by atoms with Gasteiger partial charge in [-0.3, -0.25) is 9.69 Å². The Bertz CT molecular complexity index is 1080. The van der Waals surface area contributed by atoms with Gasteiger partial charge in [-0.15, -0.1) is 0 Å². The van der Waals surface area contributed by atoms with Crippen molar-refractivity contribution in [3.63, 3.8) is 0 Å². The third-order valence-corrected chi connectivity index (χ3v) is 7.34. The van der Waals surface area contributed by atoms with Crippen molar-refractivity contribution in [2.24, 2.45) is 11.8 Å². The Balaban J connectivity index is 1.17. The summed E-state index contributed by atoms with van der Waals surface area (Å²) in [4.78, 5) is 15.2. The largest absolute Gasteiger partial charge is 0.390 e. The number of aryl methyl sites for hydroxylation is 1. The Morgan fingerprint density at radius 1 is 0.906 bits per heavy atom. The van der Waals surface area contributed by atoms with E-state index in [1.165, 1.54) is 16.7 Å². The molecule has 3 heteroatoms. The van der Waals surface area contributed by atoms with Gasteiger partial charge < -0.3 is 5.11 Å². The second kappa shape index (κ2) is 8.65. The lowest BCUT2D eigenvalue weighted by Gasteiger charge is -2.26. The molecule has 2 aliphatic rings. The summed E-state index contributed by atoms with van der Waals surface area (Å²) >= 11 is 0. The molecule has 1 heterocycles. The molecule has 5 rings (SSSR count). The molecule has 2 fully saturated rings. The Hall–Kier alpha value is -2.75. The number of fused-ring (bicyclic) bond motifs is 1. The van der Waals surface area contributed by atoms with E-state index in [2.05, 4.69) is 48.2 Å². The molecule has 0 unspecified atom stereocenters. The van der Waals surface area contributed by atoms with Gasteiger partial charge in [0.15, 0.2) is 5.78 Å². The molecule has 3 nitrogen and oxygen atoms in total. The maximum Gasteiger partial charge on any atom is 0.176 e. The molecule has 32 heavy (non-hydrogen) atoms. The minimum absolute atomic E-state index is 0.181. The molecule has 0 spiro atoms. The molecular formula is C29H31NO2. The second-order valence-corrected chi connectivity index (χ2v) is 9.82. The van der Waals surface area contributed by atoms with Crippen molar-refractivity contribution in [2.75, 3.05) is 19.6 Å². The van der Waals surface area contributed by atoms with Crippen LogP contribution in [0, 0.1) is 18.8 Å². The molecule has 0 radical (unpaired) electrons. The number of hydrogen-bond donors (Lipinski definition) is 1. The molecule has 0 bridgehead atoms. The van der Waals surface area contributed by atoms with Crippen LogP contribution in [0.15, 0.2) is 78.9 Å². The fraction of sp³-hybridized carbons (Fsp3) is 0.345. The maximum atomic E-state index is 12.9. The summed E-state index contributed by atoms with van der Waals surface area (Å²) < 4.78 is 0. The highest BCUT2D eigenvalue weighted by Crippen LogP contribution is 2.45. The zero-order valence-corrected chi connectivity index (χ0v) is 18.7. The van der Waals surface area contributed by atoms with E-state index in [1.807, 2.05) is 42.5 Å². The Kier molecular flexibility index (Phi) is 5.71. The number of aliphatic hydroxyl groups is 1. The zero-order chi connectivity index (χ0) is 22.1. The van der Waals surface area contributed by atoms with Gasteiger partial charge in [-0.25, -0.2) is 0 Å². The van der Waals surface area contributed by atoms with E-state index in [0.717, 1.165) is 43.5 Å². The minimum Gasteiger partial charge on any atom is -0.390 e. The van der Waals surface area contributed by atoms with Crippen LogP contribution < -0.4 is 0 Å². The van der Waals surface area contributed by atoms with Crippen LogP contribution in [0.25, 0.3) is 11.1 Å². The van der Waals surface area contributed by atoms with E-state index < -0.39 is 5.60 Å². The summed E-state index contributed by atoms with van der Waals surface area (Å²) in [6.45, 7) is 4.40. The van der Waals surface area contributed by atoms with Gasteiger partial charge in [-0.05, 0) is 53.9 Å². The quantitative estimate of drug-likeness (QED) is 0.555. The highest BCUT2D eigenvalue weighted by molar-refractivity contribution is 5.98. The SMILES string of the molecule is Cc1ccccc1-c1ccc(C(=O)CN2C[C@@H]3C[C@](O)(Cc4ccccc4)C[C@@H]3C2)cc1. The van der Waals surface area contributed by atoms with Crippen LogP contribution in [0.3, 0.4) is 0 Å². The molecule has 0 amide bonds. The van der Waals surface area contributed by atoms with Crippen LogP contribution in [0.2, 0.25) is 0 Å². The Morgan fingerprint density at radius 2 is 1.53 bits per heavy atom. The molecule has 1 aliphatic carbocycles. The van der Waals surface area contributed by atoms with Gasteiger partial charge in [0.2, 0.25) is 0 Å². The van der Waals surface area contributed by atoms with Gasteiger partial charge in [-0.2, -0.15) is 0 Å². The summed E-state index contributed by atoms with van der Waals surface area (Å²) in [6.07, 6.45) is 2.40. The zero-order valence-electron chi connectivity index (χ0n) is 18.7. The third kappa shape index (κ3) is 4.41. The van der Waals surface area contributed by atoms with E-state index in [4.69, 9.17) is 0 Å². The number of carbonyl (C=O) groups is 1. The Labute approximate surface area is 190 Å². The van der Waals surface area contributed by atoms with E-state index in [0.29, 0.717) is 18.4 Å². The van der Waals surface area contributed by atoms with Crippen molar-refractivity contribution < 1.29 is 9.90 Å². The Morgan fingerprint density at radius 3 is 2.19 bits per heavy atom. The van der Waals surface area contributed by atoms with Crippen molar-refractivity contribution in [3.8, 4) is 11.1 Å². The topological polar surface area (TPSA) is 40.5 Å². The first-order valence-corrected chi connectivity index (χ1v) is 11.7. The van der Waals surface area contributed by atoms with Gasteiger partial charge in [0, 0.05) is 25.1 Å².